The number of aromatic nitrogens is 1. The predicted molar refractivity (Wildman–Crippen MR) is 93.7 cm³/mol. The van der Waals surface area contributed by atoms with Crippen LogP contribution >= 0.6 is 0 Å². The number of hydrogen-bond acceptors (Lipinski definition) is 4. The highest BCUT2D eigenvalue weighted by molar-refractivity contribution is 5.79. The van der Waals surface area contributed by atoms with Crippen molar-refractivity contribution in [2.75, 3.05) is 13.1 Å². The van der Waals surface area contributed by atoms with Gasteiger partial charge in [0, 0.05) is 37.2 Å². The third-order valence-electron chi connectivity index (χ3n) is 4.41. The van der Waals surface area contributed by atoms with Gasteiger partial charge in [-0.3, -0.25) is 9.59 Å². The Hall–Kier alpha value is -2.63. The van der Waals surface area contributed by atoms with E-state index in [9.17, 15) is 9.59 Å². The molecule has 132 valence electrons. The van der Waals surface area contributed by atoms with Crippen LogP contribution in [0.2, 0.25) is 0 Å². The van der Waals surface area contributed by atoms with Crippen LogP contribution < -0.4 is 5.32 Å². The normalized spacial score (nSPS) is 17.3. The van der Waals surface area contributed by atoms with Crippen molar-refractivity contribution in [1.82, 2.24) is 15.4 Å². The van der Waals surface area contributed by atoms with Crippen molar-refractivity contribution < 1.29 is 14.1 Å². The fraction of sp³-hybridized carbons (Fsp3) is 0.421. The van der Waals surface area contributed by atoms with Gasteiger partial charge in [0.15, 0.2) is 5.76 Å². The van der Waals surface area contributed by atoms with Gasteiger partial charge < -0.3 is 14.7 Å². The highest BCUT2D eigenvalue weighted by Gasteiger charge is 2.25. The van der Waals surface area contributed by atoms with Crippen LogP contribution in [0.3, 0.4) is 0 Å². The van der Waals surface area contributed by atoms with E-state index in [1.165, 1.54) is 0 Å². The first-order valence-corrected chi connectivity index (χ1v) is 8.74. The number of hydrogen-bond donors (Lipinski definition) is 1. The van der Waals surface area contributed by atoms with Crippen molar-refractivity contribution in [1.29, 1.82) is 0 Å². The Balaban J connectivity index is 1.58. The van der Waals surface area contributed by atoms with Crippen molar-refractivity contribution in [3.63, 3.8) is 0 Å². The molecule has 0 unspecified atom stereocenters. The maximum absolute atomic E-state index is 12.5. The lowest BCUT2D eigenvalue weighted by molar-refractivity contribution is -0.133. The molecule has 1 fully saturated rings. The first-order chi connectivity index (χ1) is 12.2. The molecule has 1 atom stereocenters. The van der Waals surface area contributed by atoms with E-state index in [-0.39, 0.29) is 24.3 Å². The van der Waals surface area contributed by atoms with Crippen molar-refractivity contribution in [2.45, 2.75) is 38.6 Å². The van der Waals surface area contributed by atoms with Gasteiger partial charge in [-0.25, -0.2) is 0 Å². The van der Waals surface area contributed by atoms with Gasteiger partial charge in [-0.2, -0.15) is 0 Å². The number of nitrogens with zero attached hydrogens (tertiary/aromatic N) is 2. The van der Waals surface area contributed by atoms with Crippen LogP contribution in [0.1, 0.15) is 31.9 Å². The van der Waals surface area contributed by atoms with E-state index in [2.05, 4.69) is 10.5 Å². The first kappa shape index (κ1) is 17.2. The molecule has 0 saturated carbocycles. The van der Waals surface area contributed by atoms with E-state index in [1.54, 1.807) is 4.90 Å². The Morgan fingerprint density at radius 3 is 2.88 bits per heavy atom. The number of benzene rings is 1. The summed E-state index contributed by atoms with van der Waals surface area (Å²) in [6, 6.07) is 11.5. The van der Waals surface area contributed by atoms with Gasteiger partial charge in [0.05, 0.1) is 12.1 Å². The van der Waals surface area contributed by atoms with E-state index < -0.39 is 0 Å². The highest BCUT2D eigenvalue weighted by atomic mass is 16.5. The fourth-order valence-electron chi connectivity index (χ4n) is 3.05. The third kappa shape index (κ3) is 4.47. The topological polar surface area (TPSA) is 75.4 Å². The van der Waals surface area contributed by atoms with Crippen LogP contribution in [0.4, 0.5) is 0 Å². The zero-order chi connectivity index (χ0) is 17.6. The Morgan fingerprint density at radius 2 is 2.12 bits per heavy atom. The molecule has 6 nitrogen and oxygen atoms in total. The first-order valence-electron chi connectivity index (χ1n) is 8.74. The summed E-state index contributed by atoms with van der Waals surface area (Å²) in [6.45, 7) is 3.12. The summed E-state index contributed by atoms with van der Waals surface area (Å²) in [4.78, 5) is 25.9. The van der Waals surface area contributed by atoms with Crippen LogP contribution in [-0.2, 0) is 16.0 Å². The number of piperidine rings is 1. The molecule has 0 aliphatic carbocycles. The zero-order valence-corrected chi connectivity index (χ0v) is 14.4. The molecule has 1 aromatic heterocycles. The fourth-order valence-corrected chi connectivity index (χ4v) is 3.05. The number of likely N-dealkylation sites (tertiary alicyclic amines) is 1. The van der Waals surface area contributed by atoms with E-state index in [4.69, 9.17) is 4.52 Å². The molecular formula is C19H23N3O3. The van der Waals surface area contributed by atoms with Crippen LogP contribution in [0.15, 0.2) is 40.9 Å². The second-order valence-corrected chi connectivity index (χ2v) is 6.33. The zero-order valence-electron chi connectivity index (χ0n) is 14.4. The maximum atomic E-state index is 12.5. The van der Waals surface area contributed by atoms with Gasteiger partial charge in [-0.05, 0) is 12.8 Å². The number of rotatable bonds is 5. The minimum Gasteiger partial charge on any atom is -0.356 e. The monoisotopic (exact) mass is 341 g/mol. The molecular weight excluding hydrogens is 318 g/mol. The van der Waals surface area contributed by atoms with E-state index >= 15 is 0 Å². The summed E-state index contributed by atoms with van der Waals surface area (Å²) < 4.78 is 5.35. The maximum Gasteiger partial charge on any atom is 0.228 e. The van der Waals surface area contributed by atoms with E-state index in [0.717, 1.165) is 24.9 Å². The minimum absolute atomic E-state index is 0.0170. The Kier molecular flexibility index (Phi) is 5.48. The van der Waals surface area contributed by atoms with Crippen LogP contribution in [0.5, 0.6) is 0 Å². The van der Waals surface area contributed by atoms with Gasteiger partial charge in [-0.15, -0.1) is 0 Å². The standard InChI is InChI=1S/C19H23N3O3/c1-2-18(23)20-15-9-6-10-22(13-15)19(24)12-16-11-17(25-21-16)14-7-4-3-5-8-14/h3-5,7-8,11,15H,2,6,9-10,12-13H2,1H3,(H,20,23)/t15-/m0/s1. The van der Waals surface area contributed by atoms with Gasteiger partial charge in [-0.1, -0.05) is 42.4 Å². The molecule has 6 heteroatoms. The summed E-state index contributed by atoms with van der Waals surface area (Å²) in [5.41, 5.74) is 1.57. The summed E-state index contributed by atoms with van der Waals surface area (Å²) >= 11 is 0. The molecule has 1 aliphatic heterocycles. The van der Waals surface area contributed by atoms with Gasteiger partial charge in [0.1, 0.15) is 0 Å². The second-order valence-electron chi connectivity index (χ2n) is 6.33. The van der Waals surface area contributed by atoms with Crippen LogP contribution in [-0.4, -0.2) is 41.0 Å². The van der Waals surface area contributed by atoms with E-state index in [1.807, 2.05) is 43.3 Å². The van der Waals surface area contributed by atoms with Crippen LogP contribution in [0, 0.1) is 0 Å². The minimum atomic E-state index is 0.0170. The Morgan fingerprint density at radius 1 is 1.32 bits per heavy atom. The average molecular weight is 341 g/mol. The molecule has 0 radical (unpaired) electrons. The van der Waals surface area contributed by atoms with Gasteiger partial charge >= 0.3 is 0 Å². The molecule has 1 saturated heterocycles. The molecule has 0 bridgehead atoms. The highest BCUT2D eigenvalue weighted by Crippen LogP contribution is 2.20. The quantitative estimate of drug-likeness (QED) is 0.906. The number of carbonyl (C=O) groups excluding carboxylic acids is 2. The molecule has 1 aromatic carbocycles. The number of carbonyl (C=O) groups is 2. The predicted octanol–water partition coefficient (Wildman–Crippen LogP) is 2.40. The van der Waals surface area contributed by atoms with Crippen molar-refractivity contribution in [2.24, 2.45) is 0 Å². The Labute approximate surface area is 147 Å². The lowest BCUT2D eigenvalue weighted by Gasteiger charge is -2.33. The molecule has 3 rings (SSSR count). The average Bonchev–Trinajstić information content (AvgIpc) is 3.11. The molecule has 2 heterocycles. The summed E-state index contributed by atoms with van der Waals surface area (Å²) in [7, 11) is 0. The van der Waals surface area contributed by atoms with Gasteiger partial charge in [0.25, 0.3) is 0 Å². The smallest absolute Gasteiger partial charge is 0.228 e. The van der Waals surface area contributed by atoms with Crippen LogP contribution in [0.25, 0.3) is 11.3 Å². The third-order valence-corrected chi connectivity index (χ3v) is 4.41. The molecule has 0 spiro atoms. The largest absolute Gasteiger partial charge is 0.356 e. The van der Waals surface area contributed by atoms with E-state index in [0.29, 0.717) is 24.4 Å². The molecule has 1 aliphatic rings. The Bertz CT molecular complexity index is 727. The number of amides is 2. The van der Waals surface area contributed by atoms with Gasteiger partial charge in [0.2, 0.25) is 11.8 Å². The molecule has 2 aromatic rings. The SMILES string of the molecule is CCC(=O)N[C@H]1CCCN(C(=O)Cc2cc(-c3ccccc3)on2)C1. The second kappa shape index (κ2) is 7.96. The van der Waals surface area contributed by atoms with Crippen molar-refractivity contribution in [3.8, 4) is 11.3 Å². The molecule has 1 N–H and O–H groups in total. The molecule has 2 amide bonds. The summed E-state index contributed by atoms with van der Waals surface area (Å²) in [5.74, 6) is 0.710. The summed E-state index contributed by atoms with van der Waals surface area (Å²) in [6.07, 6.45) is 2.49. The number of nitrogens with one attached hydrogen (secondary N) is 1. The molecule has 25 heavy (non-hydrogen) atoms. The summed E-state index contributed by atoms with van der Waals surface area (Å²) in [5, 5.41) is 6.99. The lowest BCUT2D eigenvalue weighted by Crippen LogP contribution is -2.49. The van der Waals surface area contributed by atoms with Crippen molar-refractivity contribution >= 4 is 11.8 Å². The van der Waals surface area contributed by atoms with Crippen molar-refractivity contribution in [3.05, 3.63) is 42.1 Å². The lowest BCUT2D eigenvalue weighted by atomic mass is 10.0.